The summed E-state index contributed by atoms with van der Waals surface area (Å²) in [5.41, 5.74) is 1.49. The lowest BCUT2D eigenvalue weighted by Crippen LogP contribution is -2.21. The second-order valence-electron chi connectivity index (χ2n) is 4.43. The fraction of sp³-hybridized carbons (Fsp3) is 0.750. The van der Waals surface area contributed by atoms with E-state index in [1.165, 1.54) is 49.2 Å². The van der Waals surface area contributed by atoms with Crippen LogP contribution in [0.1, 0.15) is 58.4 Å². The summed E-state index contributed by atoms with van der Waals surface area (Å²) in [4.78, 5) is 0. The SMILES string of the molecule is CCCCC(C)(CCC)c1csnc1Cl. The van der Waals surface area contributed by atoms with Crippen molar-refractivity contribution in [1.29, 1.82) is 0 Å². The Morgan fingerprint density at radius 2 is 2.07 bits per heavy atom. The average Bonchev–Trinajstić information content (AvgIpc) is 2.62. The minimum Gasteiger partial charge on any atom is -0.181 e. The van der Waals surface area contributed by atoms with Gasteiger partial charge in [-0.1, -0.05) is 51.6 Å². The van der Waals surface area contributed by atoms with Gasteiger partial charge in [-0.15, -0.1) is 0 Å². The van der Waals surface area contributed by atoms with Crippen LogP contribution in [0.2, 0.25) is 5.15 Å². The van der Waals surface area contributed by atoms with Gasteiger partial charge in [0.1, 0.15) is 5.15 Å². The largest absolute Gasteiger partial charge is 0.181 e. The first-order valence-corrected chi connectivity index (χ1v) is 6.96. The second kappa shape index (κ2) is 5.86. The minimum absolute atomic E-state index is 0.231. The summed E-state index contributed by atoms with van der Waals surface area (Å²) in [5, 5.41) is 2.83. The molecule has 0 aliphatic heterocycles. The van der Waals surface area contributed by atoms with E-state index in [9.17, 15) is 0 Å². The third-order valence-electron chi connectivity index (χ3n) is 3.06. The minimum atomic E-state index is 0.231. The first-order chi connectivity index (χ1) is 7.14. The molecule has 0 aliphatic rings. The van der Waals surface area contributed by atoms with Crippen molar-refractivity contribution >= 4 is 23.1 Å². The van der Waals surface area contributed by atoms with Crippen LogP contribution < -0.4 is 0 Å². The van der Waals surface area contributed by atoms with E-state index < -0.39 is 0 Å². The molecule has 0 fully saturated rings. The summed E-state index contributed by atoms with van der Waals surface area (Å²) in [5.74, 6) is 0. The summed E-state index contributed by atoms with van der Waals surface area (Å²) in [7, 11) is 0. The van der Waals surface area contributed by atoms with Crippen molar-refractivity contribution in [3.8, 4) is 0 Å². The number of rotatable bonds is 6. The summed E-state index contributed by atoms with van der Waals surface area (Å²) in [6, 6.07) is 0. The summed E-state index contributed by atoms with van der Waals surface area (Å²) >= 11 is 7.61. The number of hydrogen-bond acceptors (Lipinski definition) is 2. The molecule has 1 rings (SSSR count). The standard InChI is InChI=1S/C12H20ClNS/c1-4-6-8-12(3,7-5-2)10-9-15-14-11(10)13/h9H,4-8H2,1-3H3. The first-order valence-electron chi connectivity index (χ1n) is 5.74. The molecule has 86 valence electrons. The molecule has 0 aromatic carbocycles. The van der Waals surface area contributed by atoms with E-state index in [0.29, 0.717) is 5.15 Å². The molecule has 0 saturated heterocycles. The second-order valence-corrected chi connectivity index (χ2v) is 5.42. The topological polar surface area (TPSA) is 12.9 Å². The van der Waals surface area contributed by atoms with E-state index in [4.69, 9.17) is 11.6 Å². The fourth-order valence-corrected chi connectivity index (χ4v) is 3.34. The monoisotopic (exact) mass is 245 g/mol. The molecule has 1 atom stereocenters. The van der Waals surface area contributed by atoms with Gasteiger partial charge in [-0.25, -0.2) is 0 Å². The van der Waals surface area contributed by atoms with E-state index in [1.807, 2.05) is 0 Å². The molecule has 0 N–H and O–H groups in total. The van der Waals surface area contributed by atoms with Crippen LogP contribution in [-0.2, 0) is 5.41 Å². The van der Waals surface area contributed by atoms with Gasteiger partial charge in [-0.2, -0.15) is 4.37 Å². The molecule has 0 spiro atoms. The van der Waals surface area contributed by atoms with Crippen LogP contribution in [0.4, 0.5) is 0 Å². The van der Waals surface area contributed by atoms with Gasteiger partial charge in [-0.3, -0.25) is 0 Å². The number of nitrogens with zero attached hydrogens (tertiary/aromatic N) is 1. The molecule has 3 heteroatoms. The Morgan fingerprint density at radius 3 is 2.53 bits per heavy atom. The molecule has 0 radical (unpaired) electrons. The Balaban J connectivity index is 2.85. The van der Waals surface area contributed by atoms with E-state index in [2.05, 4.69) is 30.5 Å². The van der Waals surface area contributed by atoms with Crippen molar-refractivity contribution in [1.82, 2.24) is 4.37 Å². The maximum atomic E-state index is 6.14. The van der Waals surface area contributed by atoms with Crippen molar-refractivity contribution in [3.05, 3.63) is 16.1 Å². The Bertz CT molecular complexity index is 298. The van der Waals surface area contributed by atoms with Gasteiger partial charge in [-0.05, 0) is 29.8 Å². The van der Waals surface area contributed by atoms with E-state index in [1.54, 1.807) is 0 Å². The zero-order valence-electron chi connectivity index (χ0n) is 9.85. The first kappa shape index (κ1) is 13.0. The fourth-order valence-electron chi connectivity index (χ4n) is 2.13. The molecular formula is C12H20ClNS. The molecule has 0 bridgehead atoms. The van der Waals surface area contributed by atoms with Crippen molar-refractivity contribution in [2.45, 2.75) is 58.3 Å². The Morgan fingerprint density at radius 1 is 1.33 bits per heavy atom. The summed E-state index contributed by atoms with van der Waals surface area (Å²) in [6.45, 7) is 6.79. The van der Waals surface area contributed by atoms with Gasteiger partial charge < -0.3 is 0 Å². The Hall–Kier alpha value is -0.0800. The van der Waals surface area contributed by atoms with Crippen LogP contribution in [0, 0.1) is 0 Å². The molecule has 15 heavy (non-hydrogen) atoms. The molecule has 1 nitrogen and oxygen atoms in total. The van der Waals surface area contributed by atoms with Crippen LogP contribution >= 0.6 is 23.1 Å². The van der Waals surface area contributed by atoms with Gasteiger partial charge in [0, 0.05) is 10.9 Å². The zero-order chi connectivity index (χ0) is 11.3. The predicted octanol–water partition coefficient (Wildman–Crippen LogP) is 5.04. The molecule has 1 aromatic heterocycles. The van der Waals surface area contributed by atoms with E-state index in [0.717, 1.165) is 0 Å². The highest BCUT2D eigenvalue weighted by Gasteiger charge is 2.28. The maximum Gasteiger partial charge on any atom is 0.146 e. The van der Waals surface area contributed by atoms with E-state index in [-0.39, 0.29) is 5.41 Å². The lowest BCUT2D eigenvalue weighted by Gasteiger charge is -2.28. The lowest BCUT2D eigenvalue weighted by atomic mass is 9.76. The highest BCUT2D eigenvalue weighted by Crippen LogP contribution is 2.38. The summed E-state index contributed by atoms with van der Waals surface area (Å²) in [6.07, 6.45) is 6.13. The lowest BCUT2D eigenvalue weighted by molar-refractivity contribution is 0.383. The van der Waals surface area contributed by atoms with E-state index >= 15 is 0 Å². The average molecular weight is 246 g/mol. The third-order valence-corrected chi connectivity index (χ3v) is 4.08. The van der Waals surface area contributed by atoms with Crippen molar-refractivity contribution in [3.63, 3.8) is 0 Å². The van der Waals surface area contributed by atoms with Gasteiger partial charge >= 0.3 is 0 Å². The van der Waals surface area contributed by atoms with Gasteiger partial charge in [0.15, 0.2) is 0 Å². The number of halogens is 1. The quantitative estimate of drug-likeness (QED) is 0.684. The zero-order valence-corrected chi connectivity index (χ0v) is 11.4. The molecular weight excluding hydrogens is 226 g/mol. The highest BCUT2D eigenvalue weighted by molar-refractivity contribution is 7.04. The molecule has 0 amide bonds. The molecule has 0 saturated carbocycles. The molecule has 1 unspecified atom stereocenters. The van der Waals surface area contributed by atoms with Crippen LogP contribution in [0.5, 0.6) is 0 Å². The van der Waals surface area contributed by atoms with Crippen LogP contribution in [0.25, 0.3) is 0 Å². The van der Waals surface area contributed by atoms with Crippen LogP contribution in [0.15, 0.2) is 5.38 Å². The smallest absolute Gasteiger partial charge is 0.146 e. The number of unbranched alkanes of at least 4 members (excludes halogenated alkanes) is 1. The summed E-state index contributed by atoms with van der Waals surface area (Å²) < 4.78 is 4.18. The third kappa shape index (κ3) is 3.18. The molecule has 1 aromatic rings. The molecule has 0 aliphatic carbocycles. The van der Waals surface area contributed by atoms with Crippen LogP contribution in [0.3, 0.4) is 0 Å². The van der Waals surface area contributed by atoms with Gasteiger partial charge in [0.25, 0.3) is 0 Å². The number of hydrogen-bond donors (Lipinski definition) is 0. The maximum absolute atomic E-state index is 6.14. The van der Waals surface area contributed by atoms with Crippen molar-refractivity contribution in [2.75, 3.05) is 0 Å². The van der Waals surface area contributed by atoms with Crippen LogP contribution in [-0.4, -0.2) is 4.37 Å². The Labute approximate surface area is 102 Å². The highest BCUT2D eigenvalue weighted by atomic mass is 35.5. The van der Waals surface area contributed by atoms with Gasteiger partial charge in [0.2, 0.25) is 0 Å². The normalized spacial score (nSPS) is 15.2. The van der Waals surface area contributed by atoms with Crippen molar-refractivity contribution in [2.24, 2.45) is 0 Å². The number of aromatic nitrogens is 1. The van der Waals surface area contributed by atoms with Crippen molar-refractivity contribution < 1.29 is 0 Å². The predicted molar refractivity (Wildman–Crippen MR) is 68.9 cm³/mol. The molecule has 1 heterocycles. The Kier molecular flexibility index (Phi) is 5.07. The van der Waals surface area contributed by atoms with Gasteiger partial charge in [0.05, 0.1) is 0 Å².